The second kappa shape index (κ2) is 7.25. The molecular formula is C17H21N5O2. The van der Waals surface area contributed by atoms with Gasteiger partial charge in [0.05, 0.1) is 11.9 Å². The van der Waals surface area contributed by atoms with Crippen molar-refractivity contribution in [3.05, 3.63) is 41.7 Å². The van der Waals surface area contributed by atoms with Crippen LogP contribution in [0.5, 0.6) is 0 Å². The van der Waals surface area contributed by atoms with E-state index in [0.717, 1.165) is 37.2 Å². The maximum Gasteiger partial charge on any atom is 0.273 e. The van der Waals surface area contributed by atoms with Crippen LogP contribution in [0, 0.1) is 6.92 Å². The number of aryl methyl sites for hydroxylation is 1. The highest BCUT2D eigenvalue weighted by Crippen LogP contribution is 2.09. The first-order valence-electron chi connectivity index (χ1n) is 8.19. The first-order chi connectivity index (χ1) is 11.6. The Kier molecular flexibility index (Phi) is 4.88. The van der Waals surface area contributed by atoms with Crippen LogP contribution in [0.2, 0.25) is 0 Å². The zero-order valence-electron chi connectivity index (χ0n) is 13.7. The highest BCUT2D eigenvalue weighted by molar-refractivity contribution is 5.92. The van der Waals surface area contributed by atoms with E-state index in [4.69, 9.17) is 0 Å². The molecule has 1 N–H and O–H groups in total. The zero-order valence-corrected chi connectivity index (χ0v) is 13.7. The quantitative estimate of drug-likeness (QED) is 0.898. The van der Waals surface area contributed by atoms with Gasteiger partial charge in [-0.1, -0.05) is 22.9 Å². The SMILES string of the molecule is Cc1ccc(-n2cc(C(=O)NCCC(=O)N3CCCC3)nn2)cc1. The summed E-state index contributed by atoms with van der Waals surface area (Å²) < 4.78 is 1.56. The minimum atomic E-state index is -0.317. The molecule has 0 bridgehead atoms. The van der Waals surface area contributed by atoms with Crippen LogP contribution in [0.4, 0.5) is 0 Å². The Morgan fingerprint density at radius 1 is 1.17 bits per heavy atom. The molecule has 0 saturated carbocycles. The molecule has 1 aromatic heterocycles. The first-order valence-corrected chi connectivity index (χ1v) is 8.19. The number of aromatic nitrogens is 3. The van der Waals surface area contributed by atoms with Crippen LogP contribution in [0.3, 0.4) is 0 Å². The van der Waals surface area contributed by atoms with E-state index >= 15 is 0 Å². The molecule has 0 aliphatic carbocycles. The van der Waals surface area contributed by atoms with E-state index in [1.54, 1.807) is 10.9 Å². The fraction of sp³-hybridized carbons (Fsp3) is 0.412. The number of hydrogen-bond donors (Lipinski definition) is 1. The van der Waals surface area contributed by atoms with Gasteiger partial charge in [-0.15, -0.1) is 5.10 Å². The highest BCUT2D eigenvalue weighted by atomic mass is 16.2. The molecule has 1 aliphatic rings. The van der Waals surface area contributed by atoms with Gasteiger partial charge in [-0.2, -0.15) is 0 Å². The molecule has 0 radical (unpaired) electrons. The molecule has 7 nitrogen and oxygen atoms in total. The van der Waals surface area contributed by atoms with E-state index in [1.807, 2.05) is 36.1 Å². The number of nitrogens with one attached hydrogen (secondary N) is 1. The van der Waals surface area contributed by atoms with Crippen LogP contribution < -0.4 is 5.32 Å². The Hall–Kier alpha value is -2.70. The van der Waals surface area contributed by atoms with E-state index in [-0.39, 0.29) is 17.5 Å². The molecule has 1 aromatic carbocycles. The lowest BCUT2D eigenvalue weighted by Crippen LogP contribution is -2.32. The van der Waals surface area contributed by atoms with Crippen molar-refractivity contribution in [3.63, 3.8) is 0 Å². The van der Waals surface area contributed by atoms with Crippen LogP contribution in [0.1, 0.15) is 35.3 Å². The predicted molar refractivity (Wildman–Crippen MR) is 88.9 cm³/mol. The smallest absolute Gasteiger partial charge is 0.273 e. The summed E-state index contributed by atoms with van der Waals surface area (Å²) in [5.41, 5.74) is 2.24. The van der Waals surface area contributed by atoms with E-state index in [0.29, 0.717) is 13.0 Å². The number of likely N-dealkylation sites (tertiary alicyclic amines) is 1. The summed E-state index contributed by atoms with van der Waals surface area (Å²) in [5.74, 6) is -0.223. The second-order valence-electron chi connectivity index (χ2n) is 5.98. The minimum Gasteiger partial charge on any atom is -0.350 e. The number of benzene rings is 1. The average molecular weight is 327 g/mol. The van der Waals surface area contributed by atoms with Gasteiger partial charge in [0.2, 0.25) is 5.91 Å². The molecule has 2 amide bonds. The number of carbonyl (C=O) groups excluding carboxylic acids is 2. The third-order valence-electron chi connectivity index (χ3n) is 4.11. The largest absolute Gasteiger partial charge is 0.350 e. The standard InChI is InChI=1S/C17H21N5O2/c1-13-4-6-14(7-5-13)22-12-15(19-20-22)17(24)18-9-8-16(23)21-10-2-3-11-21/h4-7,12H,2-3,8-11H2,1H3,(H,18,24). The van der Waals surface area contributed by atoms with Crippen LogP contribution in [-0.4, -0.2) is 51.3 Å². The maximum atomic E-state index is 12.1. The molecule has 2 aromatic rings. The second-order valence-corrected chi connectivity index (χ2v) is 5.98. The number of nitrogens with zero attached hydrogens (tertiary/aromatic N) is 4. The summed E-state index contributed by atoms with van der Waals surface area (Å²) in [5, 5.41) is 10.6. The Morgan fingerprint density at radius 3 is 2.58 bits per heavy atom. The summed E-state index contributed by atoms with van der Waals surface area (Å²) >= 11 is 0. The van der Waals surface area contributed by atoms with Crippen molar-refractivity contribution >= 4 is 11.8 Å². The van der Waals surface area contributed by atoms with Gasteiger partial charge in [-0.05, 0) is 31.9 Å². The normalized spacial score (nSPS) is 14.0. The van der Waals surface area contributed by atoms with Gasteiger partial charge in [-0.25, -0.2) is 4.68 Å². The summed E-state index contributed by atoms with van der Waals surface area (Å²) in [4.78, 5) is 25.9. The van der Waals surface area contributed by atoms with Crippen molar-refractivity contribution in [2.45, 2.75) is 26.2 Å². The summed E-state index contributed by atoms with van der Waals surface area (Å²) in [6, 6.07) is 7.78. The minimum absolute atomic E-state index is 0.0936. The molecule has 7 heteroatoms. The zero-order chi connectivity index (χ0) is 16.9. The molecule has 1 saturated heterocycles. The third kappa shape index (κ3) is 3.79. The van der Waals surface area contributed by atoms with Crippen molar-refractivity contribution in [2.24, 2.45) is 0 Å². The third-order valence-corrected chi connectivity index (χ3v) is 4.11. The molecule has 0 spiro atoms. The monoisotopic (exact) mass is 327 g/mol. The van der Waals surface area contributed by atoms with Gasteiger partial charge in [0.25, 0.3) is 5.91 Å². The molecule has 1 aliphatic heterocycles. The fourth-order valence-electron chi connectivity index (χ4n) is 2.69. The van der Waals surface area contributed by atoms with Crippen molar-refractivity contribution < 1.29 is 9.59 Å². The molecule has 2 heterocycles. The number of rotatable bonds is 5. The maximum absolute atomic E-state index is 12.1. The molecule has 3 rings (SSSR count). The van der Waals surface area contributed by atoms with Crippen LogP contribution in [0.25, 0.3) is 5.69 Å². The Labute approximate surface area is 140 Å². The number of amides is 2. The number of carbonyl (C=O) groups is 2. The van der Waals surface area contributed by atoms with Crippen LogP contribution in [-0.2, 0) is 4.79 Å². The molecular weight excluding hydrogens is 306 g/mol. The summed E-state index contributed by atoms with van der Waals surface area (Å²) in [6.45, 7) is 3.98. The first kappa shape index (κ1) is 16.2. The molecule has 24 heavy (non-hydrogen) atoms. The summed E-state index contributed by atoms with van der Waals surface area (Å²) in [6.07, 6.45) is 4.04. The Bertz CT molecular complexity index is 717. The molecule has 1 fully saturated rings. The Balaban J connectivity index is 1.52. The highest BCUT2D eigenvalue weighted by Gasteiger charge is 2.18. The molecule has 0 atom stereocenters. The lowest BCUT2D eigenvalue weighted by Gasteiger charge is -2.14. The Morgan fingerprint density at radius 2 is 1.88 bits per heavy atom. The average Bonchev–Trinajstić information content (AvgIpc) is 3.27. The van der Waals surface area contributed by atoms with Gasteiger partial charge in [0.15, 0.2) is 5.69 Å². The van der Waals surface area contributed by atoms with Gasteiger partial charge >= 0.3 is 0 Å². The fourth-order valence-corrected chi connectivity index (χ4v) is 2.69. The van der Waals surface area contributed by atoms with E-state index < -0.39 is 0 Å². The molecule has 0 unspecified atom stereocenters. The topological polar surface area (TPSA) is 80.1 Å². The predicted octanol–water partition coefficient (Wildman–Crippen LogP) is 1.32. The van der Waals surface area contributed by atoms with Gasteiger partial charge < -0.3 is 10.2 Å². The lowest BCUT2D eigenvalue weighted by molar-refractivity contribution is -0.129. The van der Waals surface area contributed by atoms with Crippen molar-refractivity contribution in [1.82, 2.24) is 25.2 Å². The summed E-state index contributed by atoms with van der Waals surface area (Å²) in [7, 11) is 0. The van der Waals surface area contributed by atoms with Crippen molar-refractivity contribution in [1.29, 1.82) is 0 Å². The van der Waals surface area contributed by atoms with E-state index in [9.17, 15) is 9.59 Å². The van der Waals surface area contributed by atoms with Gasteiger partial charge in [0.1, 0.15) is 0 Å². The van der Waals surface area contributed by atoms with Crippen LogP contribution >= 0.6 is 0 Å². The lowest BCUT2D eigenvalue weighted by atomic mass is 10.2. The van der Waals surface area contributed by atoms with Crippen molar-refractivity contribution in [3.8, 4) is 5.69 Å². The van der Waals surface area contributed by atoms with Crippen molar-refractivity contribution in [2.75, 3.05) is 19.6 Å². The van der Waals surface area contributed by atoms with E-state index in [1.165, 1.54) is 0 Å². The molecule has 126 valence electrons. The van der Waals surface area contributed by atoms with E-state index in [2.05, 4.69) is 15.6 Å². The van der Waals surface area contributed by atoms with Crippen LogP contribution in [0.15, 0.2) is 30.5 Å². The van der Waals surface area contributed by atoms with Gasteiger partial charge in [-0.3, -0.25) is 9.59 Å². The number of hydrogen-bond acceptors (Lipinski definition) is 4. The van der Waals surface area contributed by atoms with Gasteiger partial charge in [0, 0.05) is 26.1 Å².